The summed E-state index contributed by atoms with van der Waals surface area (Å²) in [6.07, 6.45) is 0. The second-order valence-corrected chi connectivity index (χ2v) is 4.49. The number of nitrogens with zero attached hydrogens (tertiary/aromatic N) is 2. The molecule has 0 unspecified atom stereocenters. The van der Waals surface area contributed by atoms with Gasteiger partial charge in [-0.15, -0.1) is 12.4 Å². The number of rotatable bonds is 5. The number of hydrogen-bond acceptors (Lipinski definition) is 5. The van der Waals surface area contributed by atoms with Crippen LogP contribution in [0.4, 0.5) is 5.69 Å². The monoisotopic (exact) mass is 287 g/mol. The van der Waals surface area contributed by atoms with Crippen molar-refractivity contribution in [2.45, 2.75) is 12.6 Å². The van der Waals surface area contributed by atoms with Gasteiger partial charge in [-0.2, -0.15) is 0 Å². The molecule has 1 N–H and O–H groups in total. The predicted octanol–water partition coefficient (Wildman–Crippen LogP) is 1.43. The summed E-state index contributed by atoms with van der Waals surface area (Å²) in [7, 11) is 3.47. The average Bonchev–Trinajstić information content (AvgIpc) is 2.26. The topological polar surface area (TPSA) is 67.6 Å². The van der Waals surface area contributed by atoms with Crippen LogP contribution >= 0.6 is 12.4 Å². The largest absolute Gasteiger partial charge is 0.490 e. The van der Waals surface area contributed by atoms with Crippen LogP contribution in [0.15, 0.2) is 18.2 Å². The molecule has 0 amide bonds. The summed E-state index contributed by atoms with van der Waals surface area (Å²) in [5.41, 5.74) is 0.951. The minimum atomic E-state index is -0.409. The summed E-state index contributed by atoms with van der Waals surface area (Å²) in [4.78, 5) is 12.7. The number of benzene rings is 1. The lowest BCUT2D eigenvalue weighted by Gasteiger charge is -2.35. The van der Waals surface area contributed by atoms with Crippen LogP contribution in [0.3, 0.4) is 0 Å². The third-order valence-electron chi connectivity index (χ3n) is 3.26. The summed E-state index contributed by atoms with van der Waals surface area (Å²) in [6.45, 7) is 2.67. The van der Waals surface area contributed by atoms with E-state index in [1.807, 2.05) is 13.1 Å². The normalized spacial score (nSPS) is 14.7. The average molecular weight is 288 g/mol. The number of nitro groups is 1. The Labute approximate surface area is 118 Å². The fourth-order valence-electron chi connectivity index (χ4n) is 1.98. The highest BCUT2D eigenvalue weighted by atomic mass is 35.5. The number of methoxy groups -OCH3 is 1. The van der Waals surface area contributed by atoms with Gasteiger partial charge in [0.05, 0.1) is 12.0 Å². The molecule has 19 heavy (non-hydrogen) atoms. The van der Waals surface area contributed by atoms with E-state index in [9.17, 15) is 10.1 Å². The molecule has 0 aliphatic carbocycles. The summed E-state index contributed by atoms with van der Waals surface area (Å²) in [5, 5.41) is 14.1. The summed E-state index contributed by atoms with van der Waals surface area (Å²) in [5.74, 6) is 0.303. The Balaban J connectivity index is 0.00000180. The highest BCUT2D eigenvalue weighted by Crippen LogP contribution is 2.28. The maximum atomic E-state index is 10.9. The van der Waals surface area contributed by atoms with Crippen LogP contribution in [0.25, 0.3) is 0 Å². The van der Waals surface area contributed by atoms with E-state index >= 15 is 0 Å². The quantitative estimate of drug-likeness (QED) is 0.655. The number of likely N-dealkylation sites (N-methyl/N-ethyl adjacent to an activating group) is 1. The fourth-order valence-corrected chi connectivity index (χ4v) is 1.98. The van der Waals surface area contributed by atoms with Gasteiger partial charge in [0.15, 0.2) is 5.75 Å². The Morgan fingerprint density at radius 1 is 1.53 bits per heavy atom. The zero-order chi connectivity index (χ0) is 13.1. The molecule has 1 aromatic carbocycles. The van der Waals surface area contributed by atoms with E-state index in [-0.39, 0.29) is 18.1 Å². The third-order valence-corrected chi connectivity index (χ3v) is 3.26. The molecule has 0 aromatic heterocycles. The van der Waals surface area contributed by atoms with Crippen LogP contribution in [-0.4, -0.2) is 43.1 Å². The van der Waals surface area contributed by atoms with Gasteiger partial charge in [0.1, 0.15) is 0 Å². The first-order valence-corrected chi connectivity index (χ1v) is 5.84. The zero-order valence-electron chi connectivity index (χ0n) is 11.0. The summed E-state index contributed by atoms with van der Waals surface area (Å²) >= 11 is 0. The number of hydrogen-bond donors (Lipinski definition) is 1. The standard InChI is InChI=1S/C12H17N3O3.ClH/c1-14(10-6-13-7-10)8-9-3-4-12(18-2)11(5-9)15(16)17;/h3-5,10,13H,6-8H2,1-2H3;1H. The van der Waals surface area contributed by atoms with Gasteiger partial charge in [0.2, 0.25) is 0 Å². The molecule has 0 radical (unpaired) electrons. The predicted molar refractivity (Wildman–Crippen MR) is 75.0 cm³/mol. The van der Waals surface area contributed by atoms with E-state index in [1.54, 1.807) is 12.1 Å². The van der Waals surface area contributed by atoms with Crippen molar-refractivity contribution in [3.8, 4) is 5.75 Å². The van der Waals surface area contributed by atoms with Crippen molar-refractivity contribution in [1.82, 2.24) is 10.2 Å². The van der Waals surface area contributed by atoms with Crippen LogP contribution in [0, 0.1) is 10.1 Å². The van der Waals surface area contributed by atoms with Crippen molar-refractivity contribution in [2.75, 3.05) is 27.2 Å². The van der Waals surface area contributed by atoms with Gasteiger partial charge in [-0.25, -0.2) is 0 Å². The molecule has 1 aliphatic rings. The first-order valence-electron chi connectivity index (χ1n) is 5.84. The van der Waals surface area contributed by atoms with Crippen molar-refractivity contribution in [3.63, 3.8) is 0 Å². The van der Waals surface area contributed by atoms with Crippen LogP contribution in [0.1, 0.15) is 5.56 Å². The Morgan fingerprint density at radius 3 is 2.68 bits per heavy atom. The van der Waals surface area contributed by atoms with Crippen LogP contribution < -0.4 is 10.1 Å². The lowest BCUT2D eigenvalue weighted by atomic mass is 10.1. The molecule has 1 fully saturated rings. The molecule has 0 atom stereocenters. The Kier molecular flexibility index (Phi) is 5.53. The number of ether oxygens (including phenoxy) is 1. The minimum absolute atomic E-state index is 0. The smallest absolute Gasteiger partial charge is 0.311 e. The molecule has 7 heteroatoms. The zero-order valence-corrected chi connectivity index (χ0v) is 11.8. The fraction of sp³-hybridized carbons (Fsp3) is 0.500. The second-order valence-electron chi connectivity index (χ2n) is 4.49. The molecular formula is C12H18ClN3O3. The molecule has 2 rings (SSSR count). The first kappa shape index (κ1) is 15.7. The SMILES string of the molecule is COc1ccc(CN(C)C2CNC2)cc1[N+](=O)[O-].Cl. The Hall–Kier alpha value is -1.37. The van der Waals surface area contributed by atoms with E-state index in [2.05, 4.69) is 10.2 Å². The lowest BCUT2D eigenvalue weighted by molar-refractivity contribution is -0.385. The van der Waals surface area contributed by atoms with Crippen molar-refractivity contribution >= 4 is 18.1 Å². The van der Waals surface area contributed by atoms with E-state index in [4.69, 9.17) is 4.74 Å². The lowest BCUT2D eigenvalue weighted by Crippen LogP contribution is -2.55. The van der Waals surface area contributed by atoms with Crippen molar-refractivity contribution in [2.24, 2.45) is 0 Å². The highest BCUT2D eigenvalue weighted by molar-refractivity contribution is 5.85. The Morgan fingerprint density at radius 2 is 2.21 bits per heavy atom. The number of nitro benzene ring substituents is 1. The van der Waals surface area contributed by atoms with Gasteiger partial charge in [-0.05, 0) is 18.7 Å². The molecule has 106 valence electrons. The van der Waals surface area contributed by atoms with E-state index < -0.39 is 4.92 Å². The van der Waals surface area contributed by atoms with Gasteiger partial charge >= 0.3 is 5.69 Å². The number of nitrogens with one attached hydrogen (secondary N) is 1. The summed E-state index contributed by atoms with van der Waals surface area (Å²) < 4.78 is 4.98. The molecule has 0 saturated carbocycles. The highest BCUT2D eigenvalue weighted by Gasteiger charge is 2.22. The van der Waals surface area contributed by atoms with Gasteiger partial charge in [-0.1, -0.05) is 6.07 Å². The van der Waals surface area contributed by atoms with Crippen LogP contribution in [-0.2, 0) is 6.54 Å². The maximum absolute atomic E-state index is 10.9. The van der Waals surface area contributed by atoms with Gasteiger partial charge in [0.25, 0.3) is 0 Å². The van der Waals surface area contributed by atoms with Crippen molar-refractivity contribution < 1.29 is 9.66 Å². The Bertz CT molecular complexity index is 452. The van der Waals surface area contributed by atoms with Crippen LogP contribution in [0.5, 0.6) is 5.75 Å². The molecule has 1 saturated heterocycles. The van der Waals surface area contributed by atoms with E-state index in [1.165, 1.54) is 7.11 Å². The molecule has 1 aromatic rings. The third kappa shape index (κ3) is 3.56. The second kappa shape index (κ2) is 6.70. The van der Waals surface area contributed by atoms with Crippen LogP contribution in [0.2, 0.25) is 0 Å². The minimum Gasteiger partial charge on any atom is -0.490 e. The van der Waals surface area contributed by atoms with Gasteiger partial charge in [-0.3, -0.25) is 15.0 Å². The van der Waals surface area contributed by atoms with Gasteiger partial charge < -0.3 is 10.1 Å². The van der Waals surface area contributed by atoms with Crippen molar-refractivity contribution in [1.29, 1.82) is 0 Å². The molecule has 0 bridgehead atoms. The van der Waals surface area contributed by atoms with Gasteiger partial charge in [0, 0.05) is 31.7 Å². The molecule has 1 aliphatic heterocycles. The number of halogens is 1. The molecule has 1 heterocycles. The molecule has 0 spiro atoms. The summed E-state index contributed by atoms with van der Waals surface area (Å²) in [6, 6.07) is 5.63. The molecular weight excluding hydrogens is 270 g/mol. The van der Waals surface area contributed by atoms with E-state index in [0.717, 1.165) is 18.7 Å². The van der Waals surface area contributed by atoms with Crippen molar-refractivity contribution in [3.05, 3.63) is 33.9 Å². The van der Waals surface area contributed by atoms with E-state index in [0.29, 0.717) is 18.3 Å². The molecule has 6 nitrogen and oxygen atoms in total. The maximum Gasteiger partial charge on any atom is 0.311 e. The first-order chi connectivity index (χ1) is 8.61.